The second-order valence-corrected chi connectivity index (χ2v) is 7.13. The van der Waals surface area contributed by atoms with Gasteiger partial charge in [-0.15, -0.1) is 0 Å². The molecule has 0 bridgehead atoms. The first-order valence-corrected chi connectivity index (χ1v) is 8.80. The molecule has 5 nitrogen and oxygen atoms in total. The van der Waals surface area contributed by atoms with E-state index in [2.05, 4.69) is 30.1 Å². The minimum Gasteiger partial charge on any atom is -0.400 e. The molecule has 2 aliphatic heterocycles. The van der Waals surface area contributed by atoms with Gasteiger partial charge in [-0.3, -0.25) is 4.90 Å². The quantitative estimate of drug-likeness (QED) is 0.334. The van der Waals surface area contributed by atoms with E-state index in [0.29, 0.717) is 0 Å². The second-order valence-electron chi connectivity index (χ2n) is 7.13. The molecule has 134 valence electrons. The van der Waals surface area contributed by atoms with Gasteiger partial charge in [0.15, 0.2) is 0 Å². The molecule has 0 atom stereocenters. The van der Waals surface area contributed by atoms with Crippen LogP contribution >= 0.6 is 0 Å². The van der Waals surface area contributed by atoms with E-state index in [1.165, 1.54) is 45.3 Å². The number of nitrogens with zero attached hydrogens (tertiary/aromatic N) is 3. The van der Waals surface area contributed by atoms with Crippen molar-refractivity contribution in [3.63, 3.8) is 0 Å². The number of rotatable bonds is 6. The van der Waals surface area contributed by atoms with Gasteiger partial charge in [-0.2, -0.15) is 12.8 Å². The Bertz CT molecular complexity index is 347. The van der Waals surface area contributed by atoms with Gasteiger partial charge < -0.3 is 22.1 Å². The molecule has 0 spiro atoms. The molecule has 2 rings (SSSR count). The van der Waals surface area contributed by atoms with Crippen LogP contribution in [0.5, 0.6) is 0 Å². The van der Waals surface area contributed by atoms with Crippen molar-refractivity contribution >= 4 is 0 Å². The van der Waals surface area contributed by atoms with Gasteiger partial charge in [0.1, 0.15) is 0 Å². The standard InChI is InChI=1S/C17H34N5.W/c1-15(2)22(19)14-17(18)13-21-10-6-16(7-11-21)12-20-8-4-3-5-9-20;/h3,14-16H,4-13,18-19H2,1-2H3;/q-1;/b17-14-;. The molecule has 0 saturated carbocycles. The Balaban J connectivity index is 0.00000264. The summed E-state index contributed by atoms with van der Waals surface area (Å²) in [7, 11) is 0. The summed E-state index contributed by atoms with van der Waals surface area (Å²) in [6.07, 6.45) is 9.43. The van der Waals surface area contributed by atoms with Crippen molar-refractivity contribution in [3.05, 3.63) is 18.3 Å². The zero-order valence-electron chi connectivity index (χ0n) is 14.8. The van der Waals surface area contributed by atoms with E-state index < -0.39 is 0 Å². The Morgan fingerprint density at radius 1 is 1.17 bits per heavy atom. The summed E-state index contributed by atoms with van der Waals surface area (Å²) in [4.78, 5) is 5.10. The first-order valence-electron chi connectivity index (χ1n) is 8.80. The fraction of sp³-hybridized carbons (Fsp3) is 0.824. The van der Waals surface area contributed by atoms with Gasteiger partial charge in [-0.25, -0.2) is 5.84 Å². The van der Waals surface area contributed by atoms with Crippen molar-refractivity contribution in [1.29, 1.82) is 0 Å². The molecule has 0 aromatic heterocycles. The normalized spacial score (nSPS) is 22.2. The van der Waals surface area contributed by atoms with Crippen LogP contribution in [0.15, 0.2) is 11.9 Å². The molecule has 6 heteroatoms. The van der Waals surface area contributed by atoms with Crippen LogP contribution in [0.1, 0.15) is 39.5 Å². The molecule has 0 aromatic rings. The molecule has 2 fully saturated rings. The van der Waals surface area contributed by atoms with Crippen LogP contribution in [0, 0.1) is 12.3 Å². The predicted molar refractivity (Wildman–Crippen MR) is 92.6 cm³/mol. The molecular weight excluding hydrogens is 458 g/mol. The third-order valence-corrected chi connectivity index (χ3v) is 4.84. The van der Waals surface area contributed by atoms with E-state index in [0.717, 1.165) is 31.2 Å². The molecule has 2 saturated heterocycles. The van der Waals surface area contributed by atoms with Gasteiger partial charge in [0, 0.05) is 52.1 Å². The number of hydrogen-bond acceptors (Lipinski definition) is 5. The van der Waals surface area contributed by atoms with Gasteiger partial charge >= 0.3 is 0 Å². The number of hydrogen-bond donors (Lipinski definition) is 2. The van der Waals surface area contributed by atoms with Crippen LogP contribution < -0.4 is 11.6 Å². The molecule has 23 heavy (non-hydrogen) atoms. The van der Waals surface area contributed by atoms with Crippen molar-refractivity contribution in [3.8, 4) is 0 Å². The number of piperidine rings is 2. The summed E-state index contributed by atoms with van der Waals surface area (Å²) < 4.78 is 0. The molecule has 0 amide bonds. The van der Waals surface area contributed by atoms with Crippen LogP contribution in [0.4, 0.5) is 0 Å². The molecule has 0 aliphatic carbocycles. The van der Waals surface area contributed by atoms with Gasteiger partial charge in [0.05, 0.1) is 0 Å². The van der Waals surface area contributed by atoms with E-state index in [4.69, 9.17) is 11.6 Å². The van der Waals surface area contributed by atoms with Gasteiger partial charge in [0.25, 0.3) is 0 Å². The van der Waals surface area contributed by atoms with Crippen LogP contribution in [0.2, 0.25) is 0 Å². The second kappa shape index (κ2) is 10.7. The summed E-state index contributed by atoms with van der Waals surface area (Å²) >= 11 is 0. The maximum absolute atomic E-state index is 6.11. The zero-order chi connectivity index (χ0) is 15.9. The van der Waals surface area contributed by atoms with Gasteiger partial charge in [-0.05, 0) is 58.8 Å². The Labute approximate surface area is 156 Å². The summed E-state index contributed by atoms with van der Waals surface area (Å²) in [5.41, 5.74) is 6.98. The minimum absolute atomic E-state index is 0. The number of nitrogens with two attached hydrogens (primary N) is 2. The Morgan fingerprint density at radius 2 is 1.78 bits per heavy atom. The smallest absolute Gasteiger partial charge is 0.0400 e. The third-order valence-electron chi connectivity index (χ3n) is 4.84. The fourth-order valence-corrected chi connectivity index (χ4v) is 3.32. The van der Waals surface area contributed by atoms with Crippen LogP contribution in [0.3, 0.4) is 0 Å². The van der Waals surface area contributed by atoms with Crippen molar-refractivity contribution in [2.75, 3.05) is 39.3 Å². The number of hydrazine groups is 1. The average Bonchev–Trinajstić information content (AvgIpc) is 2.50. The molecule has 2 heterocycles. The summed E-state index contributed by atoms with van der Waals surface area (Å²) in [5, 5.41) is 1.69. The first-order chi connectivity index (χ1) is 10.5. The maximum atomic E-state index is 6.11. The molecular formula is C17H34N5W-. The Kier molecular flexibility index (Phi) is 9.75. The summed E-state index contributed by atoms with van der Waals surface area (Å²) in [6, 6.07) is 0.283. The van der Waals surface area contributed by atoms with Crippen LogP contribution in [-0.4, -0.2) is 60.1 Å². The molecule has 4 N–H and O–H groups in total. The van der Waals surface area contributed by atoms with E-state index in [1.54, 1.807) is 5.01 Å². The number of likely N-dealkylation sites (tertiary alicyclic amines) is 2. The summed E-state index contributed by atoms with van der Waals surface area (Å²) in [5.74, 6) is 6.76. The zero-order valence-corrected chi connectivity index (χ0v) is 17.7. The van der Waals surface area contributed by atoms with Crippen molar-refractivity contribution in [2.24, 2.45) is 17.5 Å². The maximum Gasteiger partial charge on any atom is 0.0400 e. The molecule has 0 unspecified atom stereocenters. The van der Waals surface area contributed by atoms with E-state index in [1.807, 2.05) is 6.20 Å². The molecule has 0 aromatic carbocycles. The van der Waals surface area contributed by atoms with Gasteiger partial charge in [0.2, 0.25) is 0 Å². The molecule has 0 radical (unpaired) electrons. The van der Waals surface area contributed by atoms with E-state index >= 15 is 0 Å². The topological polar surface area (TPSA) is 61.8 Å². The summed E-state index contributed by atoms with van der Waals surface area (Å²) in [6.45, 7) is 11.1. The van der Waals surface area contributed by atoms with Crippen LogP contribution in [0.25, 0.3) is 0 Å². The predicted octanol–water partition coefficient (Wildman–Crippen LogP) is 1.38. The molecule has 2 aliphatic rings. The minimum atomic E-state index is 0. The Morgan fingerprint density at radius 3 is 2.35 bits per heavy atom. The van der Waals surface area contributed by atoms with E-state index in [9.17, 15) is 0 Å². The van der Waals surface area contributed by atoms with Crippen molar-refractivity contribution in [2.45, 2.75) is 45.6 Å². The van der Waals surface area contributed by atoms with Crippen LogP contribution in [-0.2, 0) is 21.1 Å². The van der Waals surface area contributed by atoms with Crippen molar-refractivity contribution < 1.29 is 21.1 Å². The largest absolute Gasteiger partial charge is 0.400 e. The van der Waals surface area contributed by atoms with Gasteiger partial charge in [-0.1, -0.05) is 0 Å². The Hall–Kier alpha value is -0.0917. The van der Waals surface area contributed by atoms with E-state index in [-0.39, 0.29) is 27.1 Å². The SMILES string of the molecule is CC(C)N(N)/C=C(\N)CN1CCC(CN2CC[CH-]CC2)CC1.[W]. The fourth-order valence-electron chi connectivity index (χ4n) is 3.32. The third kappa shape index (κ3) is 7.55. The van der Waals surface area contributed by atoms with Crippen molar-refractivity contribution in [1.82, 2.24) is 14.8 Å². The monoisotopic (exact) mass is 492 g/mol. The first kappa shape index (κ1) is 21.0. The average molecular weight is 492 g/mol.